The molecule has 366 valence electrons. The average molecular weight is 1000 g/mol. The summed E-state index contributed by atoms with van der Waals surface area (Å²) < 4.78 is 230. The predicted molar refractivity (Wildman–Crippen MR) is 231 cm³/mol. The summed E-state index contributed by atoms with van der Waals surface area (Å²) in [6.07, 6.45) is 4.40. The Morgan fingerprint density at radius 1 is 0.380 bits per heavy atom. The van der Waals surface area contributed by atoms with E-state index < -0.39 is 193 Å². The first-order valence-electron chi connectivity index (χ1n) is 20.6. The molecular formula is C50H29F15N4O2. The number of aromatic amines is 2. The van der Waals surface area contributed by atoms with Crippen LogP contribution in [-0.4, -0.2) is 31.5 Å². The largest absolute Gasteiger partial charge is 0.354 e. The van der Waals surface area contributed by atoms with Crippen molar-refractivity contribution < 1.29 is 75.4 Å². The molecule has 8 rings (SSSR count). The number of hydrogen-bond donors (Lipinski definition) is 2. The van der Waals surface area contributed by atoms with Gasteiger partial charge in [-0.25, -0.2) is 75.8 Å². The zero-order valence-electron chi connectivity index (χ0n) is 37.1. The van der Waals surface area contributed by atoms with Gasteiger partial charge in [-0.3, -0.25) is 9.59 Å². The number of hydrogen-bond acceptors (Lipinski definition) is 4. The first-order chi connectivity index (χ1) is 33.1. The fourth-order valence-electron chi connectivity index (χ4n) is 7.75. The molecule has 3 aromatic heterocycles. The number of allylic oxidation sites excluding steroid dienone is 2. The highest BCUT2D eigenvalue weighted by atomic mass is 19.2. The van der Waals surface area contributed by atoms with Gasteiger partial charge in [0, 0.05) is 60.7 Å². The number of H-pyrrole nitrogens is 2. The number of carbonyl (C=O) groups is 2. The van der Waals surface area contributed by atoms with Crippen molar-refractivity contribution in [3.05, 3.63) is 146 Å². The van der Waals surface area contributed by atoms with Gasteiger partial charge in [0.2, 0.25) is 17.5 Å². The first-order valence-corrected chi connectivity index (χ1v) is 20.6. The fourth-order valence-corrected chi connectivity index (χ4v) is 7.75. The predicted octanol–water partition coefficient (Wildman–Crippen LogP) is 14.4. The monoisotopic (exact) mass is 1000 g/mol. The Hall–Kier alpha value is -7.71. The van der Waals surface area contributed by atoms with Crippen LogP contribution < -0.4 is 0 Å². The molecule has 71 heavy (non-hydrogen) atoms. The minimum atomic E-state index is -2.65. The van der Waals surface area contributed by atoms with Gasteiger partial charge >= 0.3 is 0 Å². The van der Waals surface area contributed by atoms with Crippen LogP contribution in [0.3, 0.4) is 0 Å². The van der Waals surface area contributed by atoms with Crippen LogP contribution in [0.15, 0.2) is 30.3 Å². The number of rotatable bonds is 6. The Bertz CT molecular complexity index is 3510. The molecule has 5 heterocycles. The normalized spacial score (nSPS) is 12.9. The Balaban J connectivity index is 1.71. The molecule has 0 radical (unpaired) electrons. The van der Waals surface area contributed by atoms with Gasteiger partial charge in [-0.2, -0.15) is 0 Å². The summed E-state index contributed by atoms with van der Waals surface area (Å²) in [7, 11) is 0. The van der Waals surface area contributed by atoms with Gasteiger partial charge in [-0.1, -0.05) is 41.5 Å². The number of fused-ring (bicyclic) bond motifs is 8. The molecule has 0 aliphatic carbocycles. The van der Waals surface area contributed by atoms with Crippen LogP contribution in [0.4, 0.5) is 65.9 Å². The zero-order chi connectivity index (χ0) is 52.2. The third kappa shape index (κ3) is 7.99. The molecular weight excluding hydrogens is 974 g/mol. The minimum Gasteiger partial charge on any atom is -0.354 e. The molecule has 0 unspecified atom stereocenters. The highest BCUT2D eigenvalue weighted by molar-refractivity contribution is 6.29. The van der Waals surface area contributed by atoms with E-state index in [1.54, 1.807) is 0 Å². The number of halogens is 15. The molecule has 2 aliphatic heterocycles. The maximum absolute atomic E-state index is 16.0. The smallest absolute Gasteiger partial charge is 0.200 e. The summed E-state index contributed by atoms with van der Waals surface area (Å²) in [5.74, 6) is -39.1. The van der Waals surface area contributed by atoms with Crippen molar-refractivity contribution in [1.82, 2.24) is 19.9 Å². The Morgan fingerprint density at radius 3 is 0.958 bits per heavy atom. The van der Waals surface area contributed by atoms with Crippen LogP contribution >= 0.6 is 0 Å². The van der Waals surface area contributed by atoms with Gasteiger partial charge in [0.1, 0.15) is 0 Å². The van der Waals surface area contributed by atoms with Gasteiger partial charge in [-0.15, -0.1) is 0 Å². The van der Waals surface area contributed by atoms with Gasteiger partial charge in [0.25, 0.3) is 0 Å². The topological polar surface area (TPSA) is 91.5 Å². The third-order valence-corrected chi connectivity index (χ3v) is 11.3. The zero-order valence-corrected chi connectivity index (χ0v) is 37.1. The van der Waals surface area contributed by atoms with Crippen molar-refractivity contribution in [2.24, 2.45) is 10.8 Å². The summed E-state index contributed by atoms with van der Waals surface area (Å²) in [6, 6.07) is 3.60. The molecule has 6 aromatic rings. The van der Waals surface area contributed by atoms with Crippen LogP contribution in [0.2, 0.25) is 0 Å². The number of nitrogens with one attached hydrogen (secondary N) is 2. The lowest BCUT2D eigenvalue weighted by Gasteiger charge is -2.21. The second kappa shape index (κ2) is 17.3. The van der Waals surface area contributed by atoms with E-state index in [1.807, 2.05) is 0 Å². The lowest BCUT2D eigenvalue weighted by Crippen LogP contribution is -2.24. The molecule has 21 heteroatoms. The lowest BCUT2D eigenvalue weighted by atomic mass is 9.80. The molecule has 0 fully saturated rings. The van der Waals surface area contributed by atoms with E-state index in [4.69, 9.17) is 0 Å². The van der Waals surface area contributed by atoms with Crippen molar-refractivity contribution in [3.8, 4) is 33.4 Å². The molecule has 0 amide bonds. The maximum Gasteiger partial charge on any atom is 0.200 e. The molecule has 8 bridgehead atoms. The number of ketones is 2. The van der Waals surface area contributed by atoms with Gasteiger partial charge in [-0.05, 0) is 54.6 Å². The fraction of sp³-hybridized carbons (Fsp3) is 0.160. The number of Topliss-reactive ketones (excluding diaryl/α,β-unsaturated/α-hetero) is 1. The standard InChI is InChI=1S/C50H29F15N4O2/c1-49(2,3)25(70)15-16(48(71)50(4,5)6)26-17-7-9-19(66-17)27(30-33(51)39(57)45(63)40(58)34(30)52)21-11-13-23(68-21)29(32-37(55)43(61)47(65)44(62)38(32)56)24-14-12-22(69-24)28(20-10-8-18(26)67-20)31-35(53)41(59)46(64)42(60)36(31)54/h7-15,66,69H,1-6H3/b16-15-,26-17?,26-18?,27-19?,27-21?,28-20?,28-22?,29-23?,29-24?. The molecule has 0 atom stereocenters. The van der Waals surface area contributed by atoms with Gasteiger partial charge in [0.15, 0.2) is 81.4 Å². The number of benzene rings is 3. The van der Waals surface area contributed by atoms with Crippen LogP contribution in [-0.2, 0) is 9.59 Å². The molecule has 0 spiro atoms. The Kier molecular flexibility index (Phi) is 12.1. The van der Waals surface area contributed by atoms with Gasteiger partial charge in [0.05, 0.1) is 39.5 Å². The number of nitrogens with zero attached hydrogens (tertiary/aromatic N) is 2. The van der Waals surface area contributed by atoms with Crippen LogP contribution in [0, 0.1) is 98.1 Å². The van der Waals surface area contributed by atoms with E-state index in [0.29, 0.717) is 0 Å². The maximum atomic E-state index is 16.0. The summed E-state index contributed by atoms with van der Waals surface area (Å²) in [4.78, 5) is 42.0. The molecule has 6 nitrogen and oxygen atoms in total. The van der Waals surface area contributed by atoms with E-state index in [0.717, 1.165) is 54.6 Å². The van der Waals surface area contributed by atoms with E-state index in [2.05, 4.69) is 19.9 Å². The second-order valence-corrected chi connectivity index (χ2v) is 18.1. The van der Waals surface area contributed by atoms with E-state index >= 15 is 52.7 Å². The molecule has 0 saturated carbocycles. The quantitative estimate of drug-likeness (QED) is 0.0751. The van der Waals surface area contributed by atoms with Crippen LogP contribution in [0.1, 0.15) is 69.9 Å². The van der Waals surface area contributed by atoms with Crippen molar-refractivity contribution in [3.63, 3.8) is 0 Å². The summed E-state index contributed by atoms with van der Waals surface area (Å²) in [5, 5.41) is 0. The number of aromatic nitrogens is 4. The van der Waals surface area contributed by atoms with E-state index in [1.165, 1.54) is 41.5 Å². The van der Waals surface area contributed by atoms with Gasteiger partial charge < -0.3 is 9.97 Å². The lowest BCUT2D eigenvalue weighted by molar-refractivity contribution is -0.122. The minimum absolute atomic E-state index is 0.357. The van der Waals surface area contributed by atoms with Crippen LogP contribution in [0.25, 0.3) is 85.3 Å². The van der Waals surface area contributed by atoms with E-state index in [-0.39, 0.29) is 5.52 Å². The van der Waals surface area contributed by atoms with E-state index in [9.17, 15) is 22.8 Å². The second-order valence-electron chi connectivity index (χ2n) is 18.1. The SMILES string of the molecule is CC(C)(C)C(=O)/C=C(\C(=O)C(C)(C)C)c1c2nc(c(-c3c(F)c(F)c(F)c(F)c3F)c3ccc([nH]3)c(-c3c(F)c(F)c(F)c(F)c3F)c3nc(c(-c4c(F)c(F)c(F)c(F)c4F)c4ccc1[nH]4)C=C3)C=C2. The first kappa shape index (κ1) is 49.7. The van der Waals surface area contributed by atoms with Crippen molar-refractivity contribution in [2.45, 2.75) is 41.5 Å². The average Bonchev–Trinajstić information content (AvgIpc) is 4.17. The number of carbonyl (C=O) groups excluding carboxylic acids is 2. The molecule has 2 N–H and O–H groups in total. The highest BCUT2D eigenvalue weighted by Gasteiger charge is 2.36. The Morgan fingerprint density at radius 2 is 0.648 bits per heavy atom. The van der Waals surface area contributed by atoms with Crippen molar-refractivity contribution >= 4 is 63.5 Å². The summed E-state index contributed by atoms with van der Waals surface area (Å²) >= 11 is 0. The van der Waals surface area contributed by atoms with Crippen molar-refractivity contribution in [1.29, 1.82) is 0 Å². The molecule has 0 saturated heterocycles. The summed E-state index contributed by atoms with van der Waals surface area (Å²) in [5.41, 5.74) is -17.2. The van der Waals surface area contributed by atoms with Crippen molar-refractivity contribution in [2.75, 3.05) is 0 Å². The summed E-state index contributed by atoms with van der Waals surface area (Å²) in [6.45, 7) is 8.77. The van der Waals surface area contributed by atoms with Crippen LogP contribution in [0.5, 0.6) is 0 Å². The Labute approximate surface area is 389 Å². The molecule has 3 aromatic carbocycles. The highest BCUT2D eigenvalue weighted by Crippen LogP contribution is 2.44. The molecule has 2 aliphatic rings. The third-order valence-electron chi connectivity index (χ3n) is 11.3.